The Balaban J connectivity index is 1.84. The minimum atomic E-state index is -1.31. The van der Waals surface area contributed by atoms with E-state index in [4.69, 9.17) is 28.9 Å². The van der Waals surface area contributed by atoms with E-state index in [9.17, 15) is 19.5 Å². The summed E-state index contributed by atoms with van der Waals surface area (Å²) in [6.45, 7) is -0.591. The van der Waals surface area contributed by atoms with Crippen molar-refractivity contribution >= 4 is 23.7 Å². The van der Waals surface area contributed by atoms with Gasteiger partial charge in [-0.1, -0.05) is 12.2 Å². The minimum absolute atomic E-state index is 0.0557. The second kappa shape index (κ2) is 12.1. The number of aliphatic hydroxyl groups is 1. The Hall–Kier alpha value is -3.46. The number of carbonyl (C=O) groups excluding carboxylic acids is 3. The fourth-order valence-electron chi connectivity index (χ4n) is 3.58. The third-order valence-electron chi connectivity index (χ3n) is 5.24. The van der Waals surface area contributed by atoms with Crippen LogP contribution in [0.2, 0.25) is 0 Å². The molecule has 2 aliphatic rings. The molecule has 34 heavy (non-hydrogen) atoms. The highest BCUT2D eigenvalue weighted by atomic mass is 16.7. The van der Waals surface area contributed by atoms with Crippen molar-refractivity contribution in [1.29, 1.82) is 5.26 Å². The molecule has 0 saturated carbocycles. The number of carbonyl (C=O) groups is 3. The number of fused-ring (bicyclic) bond motifs is 1. The molecule has 0 aliphatic carbocycles. The molecule has 1 saturated heterocycles. The highest BCUT2D eigenvalue weighted by molar-refractivity contribution is 5.84. The zero-order chi connectivity index (χ0) is 24.5. The van der Waals surface area contributed by atoms with Crippen LogP contribution in [0.4, 0.5) is 10.5 Å². The second-order valence-corrected chi connectivity index (χ2v) is 7.60. The summed E-state index contributed by atoms with van der Waals surface area (Å²) in [5.41, 5.74) is 0.756. The number of aliphatic hydroxyl groups excluding tert-OH is 1. The molecule has 0 unspecified atom stereocenters. The van der Waals surface area contributed by atoms with Crippen molar-refractivity contribution in [2.45, 2.75) is 56.4 Å². The summed E-state index contributed by atoms with van der Waals surface area (Å²) in [6, 6.07) is 8.01. The van der Waals surface area contributed by atoms with Gasteiger partial charge in [-0.2, -0.15) is 5.26 Å². The third-order valence-corrected chi connectivity index (χ3v) is 5.24. The van der Waals surface area contributed by atoms with E-state index in [1.54, 1.807) is 12.2 Å². The van der Waals surface area contributed by atoms with Crippen molar-refractivity contribution in [3.63, 3.8) is 0 Å². The van der Waals surface area contributed by atoms with Gasteiger partial charge in [0.1, 0.15) is 6.10 Å². The van der Waals surface area contributed by atoms with Crippen molar-refractivity contribution in [2.24, 2.45) is 0 Å². The molecule has 0 bridgehead atoms. The molecule has 0 radical (unpaired) electrons. The average molecular weight is 474 g/mol. The maximum absolute atomic E-state index is 12.6. The first kappa shape index (κ1) is 25.2. The lowest BCUT2D eigenvalue weighted by Crippen LogP contribution is -2.62. The number of hydrogen-bond donors (Lipinski definition) is 2. The van der Waals surface area contributed by atoms with E-state index < -0.39 is 55.3 Å². The monoisotopic (exact) mass is 474 g/mol. The summed E-state index contributed by atoms with van der Waals surface area (Å²) < 4.78 is 27.5. The van der Waals surface area contributed by atoms with E-state index >= 15 is 0 Å². The van der Waals surface area contributed by atoms with E-state index in [1.807, 2.05) is 6.07 Å². The van der Waals surface area contributed by atoms with Gasteiger partial charge >= 0.3 is 18.0 Å². The van der Waals surface area contributed by atoms with Gasteiger partial charge in [0, 0.05) is 25.6 Å². The molecule has 5 atom stereocenters. The van der Waals surface area contributed by atoms with Crippen LogP contribution in [0, 0.1) is 11.3 Å². The summed E-state index contributed by atoms with van der Waals surface area (Å²) in [5.74, 6) is -1.18. The van der Waals surface area contributed by atoms with Gasteiger partial charge in [-0.3, -0.25) is 14.9 Å². The van der Waals surface area contributed by atoms with Gasteiger partial charge in [-0.15, -0.1) is 0 Å². The molecule has 1 aromatic rings. The summed E-state index contributed by atoms with van der Waals surface area (Å²) >= 11 is 0. The first-order valence-corrected chi connectivity index (χ1v) is 10.8. The molecule has 2 heterocycles. The van der Waals surface area contributed by atoms with Crippen LogP contribution in [-0.4, -0.2) is 67.6 Å². The van der Waals surface area contributed by atoms with Crippen LogP contribution in [0.5, 0.6) is 0 Å². The topological polar surface area (TPSA) is 153 Å². The Labute approximate surface area is 196 Å². The van der Waals surface area contributed by atoms with Gasteiger partial charge in [0.25, 0.3) is 0 Å². The van der Waals surface area contributed by atoms with Crippen LogP contribution in [0.15, 0.2) is 36.4 Å². The minimum Gasteiger partial charge on any atom is -0.454 e. The summed E-state index contributed by atoms with van der Waals surface area (Å²) in [6.07, 6.45) is -2.54. The maximum Gasteiger partial charge on any atom is 0.412 e. The number of esters is 2. The number of rotatable bonds is 4. The Morgan fingerprint density at radius 1 is 1.12 bits per heavy atom. The molecule has 1 aromatic carbocycles. The van der Waals surface area contributed by atoms with Crippen molar-refractivity contribution in [2.75, 3.05) is 19.0 Å². The molecule has 2 N–H and O–H groups in total. The molecule has 2 aliphatic heterocycles. The van der Waals surface area contributed by atoms with E-state index in [0.717, 1.165) is 0 Å². The molecular weight excluding hydrogens is 448 g/mol. The smallest absolute Gasteiger partial charge is 0.412 e. The van der Waals surface area contributed by atoms with Crippen molar-refractivity contribution in [1.82, 2.24) is 0 Å². The molecule has 0 spiro atoms. The van der Waals surface area contributed by atoms with Gasteiger partial charge in [-0.25, -0.2) is 4.79 Å². The zero-order valence-electron chi connectivity index (χ0n) is 18.5. The van der Waals surface area contributed by atoms with E-state index in [2.05, 4.69) is 5.32 Å². The van der Waals surface area contributed by atoms with Gasteiger partial charge in [0.2, 0.25) is 0 Å². The predicted molar refractivity (Wildman–Crippen MR) is 115 cm³/mol. The van der Waals surface area contributed by atoms with E-state index in [-0.39, 0.29) is 12.8 Å². The highest BCUT2D eigenvalue weighted by Crippen LogP contribution is 2.30. The molecule has 1 amide bonds. The highest BCUT2D eigenvalue weighted by Gasteiger charge is 2.52. The van der Waals surface area contributed by atoms with Crippen LogP contribution >= 0.6 is 0 Å². The van der Waals surface area contributed by atoms with Crippen LogP contribution in [-0.2, 0) is 33.3 Å². The molecule has 0 aromatic heterocycles. The van der Waals surface area contributed by atoms with Crippen LogP contribution < -0.4 is 5.32 Å². The molecule has 1 fully saturated rings. The fourth-order valence-corrected chi connectivity index (χ4v) is 3.58. The number of nitrogens with zero attached hydrogens (tertiary/aromatic N) is 1. The van der Waals surface area contributed by atoms with Crippen molar-refractivity contribution in [3.05, 3.63) is 42.0 Å². The lowest BCUT2D eigenvalue weighted by atomic mass is 9.98. The number of methoxy groups -OCH3 is 1. The van der Waals surface area contributed by atoms with Crippen molar-refractivity contribution < 1.29 is 43.2 Å². The molecule has 11 nitrogen and oxygen atoms in total. The number of allylic oxidation sites excluding steroid dienone is 2. The number of benzene rings is 1. The van der Waals surface area contributed by atoms with Gasteiger partial charge in [0.05, 0.1) is 18.2 Å². The zero-order valence-corrected chi connectivity index (χ0v) is 18.5. The van der Waals surface area contributed by atoms with Crippen LogP contribution in [0.3, 0.4) is 0 Å². The summed E-state index contributed by atoms with van der Waals surface area (Å²) in [5, 5.41) is 21.3. The maximum atomic E-state index is 12.6. The van der Waals surface area contributed by atoms with E-state index in [1.165, 1.54) is 31.4 Å². The number of nitrogens with one attached hydrogen (secondary N) is 1. The third kappa shape index (κ3) is 6.54. The van der Waals surface area contributed by atoms with Gasteiger partial charge < -0.3 is 28.8 Å². The predicted octanol–water partition coefficient (Wildman–Crippen LogP) is 1.79. The summed E-state index contributed by atoms with van der Waals surface area (Å²) in [4.78, 5) is 37.5. The quantitative estimate of drug-likeness (QED) is 0.375. The van der Waals surface area contributed by atoms with Crippen LogP contribution in [0.1, 0.15) is 31.2 Å². The average Bonchev–Trinajstić information content (AvgIpc) is 2.83. The lowest BCUT2D eigenvalue weighted by molar-refractivity contribution is -0.299. The number of ether oxygens (including phenoxy) is 5. The van der Waals surface area contributed by atoms with Crippen molar-refractivity contribution in [3.8, 4) is 6.07 Å². The standard InChI is InChI=1S/C23H26N2O9/c1-30-22-21-20(32-17(27)6-4-2-3-5-7-18(28)33-21)19(16(13-26)31-22)34-23(29)25-15-10-8-14(12-24)9-11-15/h2-3,8-11,16,19-22,26H,4-7,13H2,1H3,(H,25,29)/t16-,19+,20+,21-,22+/m1/s1. The Kier molecular flexibility index (Phi) is 8.98. The first-order valence-electron chi connectivity index (χ1n) is 10.8. The Bertz CT molecular complexity index is 941. The summed E-state index contributed by atoms with van der Waals surface area (Å²) in [7, 11) is 1.31. The Morgan fingerprint density at radius 2 is 1.74 bits per heavy atom. The van der Waals surface area contributed by atoms with Gasteiger partial charge in [-0.05, 0) is 37.1 Å². The first-order chi connectivity index (χ1) is 16.4. The Morgan fingerprint density at radius 3 is 2.29 bits per heavy atom. The van der Waals surface area contributed by atoms with E-state index in [0.29, 0.717) is 24.1 Å². The van der Waals surface area contributed by atoms with Gasteiger partial charge in [0.15, 0.2) is 24.6 Å². The largest absolute Gasteiger partial charge is 0.454 e. The molecule has 182 valence electrons. The number of anilines is 1. The number of hydrogen-bond acceptors (Lipinski definition) is 10. The molecule has 3 rings (SSSR count). The second-order valence-electron chi connectivity index (χ2n) is 7.60. The SMILES string of the molecule is CO[C@H]1O[C@H](CO)[C@H](OC(=O)Nc2ccc(C#N)cc2)[C@@H]2OC(=O)CCC=CCCC(=O)O[C@@H]12. The number of amides is 1. The molecule has 11 heteroatoms. The fraction of sp³-hybridized carbons (Fsp3) is 0.478. The lowest BCUT2D eigenvalue weighted by Gasteiger charge is -2.43. The van der Waals surface area contributed by atoms with Crippen LogP contribution in [0.25, 0.3) is 0 Å². The molecular formula is C23H26N2O9. The normalized spacial score (nSPS) is 27.6. The number of nitriles is 1.